The van der Waals surface area contributed by atoms with Crippen molar-refractivity contribution >= 4 is 39.4 Å². The van der Waals surface area contributed by atoms with Gasteiger partial charge in [-0.25, -0.2) is 13.2 Å². The van der Waals surface area contributed by atoms with Crippen molar-refractivity contribution in [3.05, 3.63) is 65.7 Å². The van der Waals surface area contributed by atoms with E-state index in [1.54, 1.807) is 37.5 Å². The number of nitrogens with one attached hydrogen (secondary N) is 2. The number of methoxy groups -OCH3 is 1. The van der Waals surface area contributed by atoms with Gasteiger partial charge >= 0.3 is 5.97 Å². The summed E-state index contributed by atoms with van der Waals surface area (Å²) in [5.74, 6) is -1.04. The second-order valence-corrected chi connectivity index (χ2v) is 8.98. The van der Waals surface area contributed by atoms with Crippen LogP contribution in [0.2, 0.25) is 0 Å². The normalized spacial score (nSPS) is 13.1. The number of carbonyl (C=O) groups excluding carboxylic acids is 3. The monoisotopic (exact) mass is 474 g/mol. The number of anilines is 1. The van der Waals surface area contributed by atoms with Crippen molar-refractivity contribution in [2.45, 2.75) is 26.0 Å². The fraction of sp³-hybridized carbons (Fsp3) is 0.261. The summed E-state index contributed by atoms with van der Waals surface area (Å²) >= 11 is 0. The van der Waals surface area contributed by atoms with Crippen molar-refractivity contribution in [1.29, 1.82) is 0 Å². The van der Waals surface area contributed by atoms with Crippen LogP contribution in [0.5, 0.6) is 5.75 Å². The van der Waals surface area contributed by atoms with Crippen LogP contribution in [-0.4, -0.2) is 51.6 Å². The maximum absolute atomic E-state index is 12.5. The van der Waals surface area contributed by atoms with Gasteiger partial charge in [0.15, 0.2) is 6.10 Å². The van der Waals surface area contributed by atoms with Crippen LogP contribution in [0.15, 0.2) is 54.6 Å². The van der Waals surface area contributed by atoms with E-state index in [1.165, 1.54) is 44.2 Å². The molecule has 9 nitrogen and oxygen atoms in total. The van der Waals surface area contributed by atoms with E-state index in [9.17, 15) is 22.8 Å². The third kappa shape index (κ3) is 8.41. The average molecular weight is 475 g/mol. The molecular formula is C23H26N2O7S. The van der Waals surface area contributed by atoms with Gasteiger partial charge in [0.2, 0.25) is 21.7 Å². The quantitative estimate of drug-likeness (QED) is 0.307. The lowest BCUT2D eigenvalue weighted by Gasteiger charge is -2.16. The summed E-state index contributed by atoms with van der Waals surface area (Å²) < 4.78 is 35.0. The van der Waals surface area contributed by atoms with Crippen molar-refractivity contribution in [3.63, 3.8) is 0 Å². The van der Waals surface area contributed by atoms with E-state index >= 15 is 0 Å². The lowest BCUT2D eigenvalue weighted by molar-refractivity contribution is -0.149. The van der Waals surface area contributed by atoms with Crippen LogP contribution in [0.4, 0.5) is 5.69 Å². The molecule has 0 bridgehead atoms. The largest absolute Gasteiger partial charge is 0.497 e. The summed E-state index contributed by atoms with van der Waals surface area (Å²) in [5, 5.41) is 2.48. The molecule has 0 aliphatic heterocycles. The Morgan fingerprint density at radius 1 is 0.970 bits per heavy atom. The molecule has 0 spiro atoms. The molecule has 0 aliphatic carbocycles. The molecule has 0 saturated carbocycles. The van der Waals surface area contributed by atoms with Crippen LogP contribution in [0.3, 0.4) is 0 Å². The molecule has 0 aromatic heterocycles. The van der Waals surface area contributed by atoms with Crippen molar-refractivity contribution in [2.75, 3.05) is 18.1 Å². The molecule has 0 fully saturated rings. The molecule has 2 rings (SSSR count). The minimum absolute atomic E-state index is 0.244. The molecule has 33 heavy (non-hydrogen) atoms. The average Bonchev–Trinajstić information content (AvgIpc) is 2.76. The van der Waals surface area contributed by atoms with E-state index in [0.29, 0.717) is 11.4 Å². The standard InChI is InChI=1S/C23H26N2O7S/c1-15(24-21(26)14-7-17-5-12-20(31-3)13-6-17)23(28)32-16(2)22(27)18-8-10-19(11-9-18)25-33(4,29)30/h5-16,25H,1-4H3,(H,24,26)/b14-7+/t15-,16?/m0/s1. The Morgan fingerprint density at radius 3 is 2.12 bits per heavy atom. The zero-order valence-electron chi connectivity index (χ0n) is 18.7. The zero-order valence-corrected chi connectivity index (χ0v) is 19.5. The number of amides is 1. The predicted octanol–water partition coefficient (Wildman–Crippen LogP) is 2.40. The number of esters is 1. The van der Waals surface area contributed by atoms with Gasteiger partial charge in [-0.3, -0.25) is 14.3 Å². The Morgan fingerprint density at radius 2 is 1.58 bits per heavy atom. The molecule has 2 atom stereocenters. The van der Waals surface area contributed by atoms with Gasteiger partial charge in [0.1, 0.15) is 11.8 Å². The molecule has 0 aliphatic rings. The minimum Gasteiger partial charge on any atom is -0.497 e. The SMILES string of the molecule is COc1ccc(/C=C/C(=O)N[C@@H](C)C(=O)OC(C)C(=O)c2ccc(NS(C)(=O)=O)cc2)cc1. The maximum atomic E-state index is 12.5. The van der Waals surface area contributed by atoms with Crippen LogP contribution < -0.4 is 14.8 Å². The molecule has 176 valence electrons. The Bertz CT molecular complexity index is 1120. The van der Waals surface area contributed by atoms with Crippen molar-refractivity contribution in [1.82, 2.24) is 5.32 Å². The first kappa shape index (κ1) is 25.6. The molecular weight excluding hydrogens is 448 g/mol. The fourth-order valence-electron chi connectivity index (χ4n) is 2.69. The Hall–Kier alpha value is -3.66. The minimum atomic E-state index is -3.43. The number of hydrogen-bond donors (Lipinski definition) is 2. The van der Waals surface area contributed by atoms with E-state index in [4.69, 9.17) is 9.47 Å². The number of hydrogen-bond acceptors (Lipinski definition) is 7. The molecule has 1 unspecified atom stereocenters. The van der Waals surface area contributed by atoms with Crippen LogP contribution in [0.1, 0.15) is 29.8 Å². The van der Waals surface area contributed by atoms with Gasteiger partial charge in [-0.1, -0.05) is 12.1 Å². The second-order valence-electron chi connectivity index (χ2n) is 7.23. The molecule has 0 heterocycles. The van der Waals surface area contributed by atoms with Crippen LogP contribution in [0, 0.1) is 0 Å². The van der Waals surface area contributed by atoms with Gasteiger partial charge in [0.05, 0.1) is 13.4 Å². The highest BCUT2D eigenvalue weighted by molar-refractivity contribution is 7.92. The van der Waals surface area contributed by atoms with E-state index < -0.39 is 39.8 Å². The van der Waals surface area contributed by atoms with Crippen LogP contribution in [-0.2, 0) is 24.3 Å². The number of benzene rings is 2. The van der Waals surface area contributed by atoms with Crippen LogP contribution >= 0.6 is 0 Å². The van der Waals surface area contributed by atoms with E-state index in [2.05, 4.69) is 10.0 Å². The number of sulfonamides is 1. The molecule has 1 amide bonds. The first-order valence-electron chi connectivity index (χ1n) is 9.93. The van der Waals surface area contributed by atoms with E-state index in [-0.39, 0.29) is 5.56 Å². The van der Waals surface area contributed by atoms with Gasteiger partial charge in [-0.2, -0.15) is 0 Å². The van der Waals surface area contributed by atoms with Crippen molar-refractivity contribution in [3.8, 4) is 5.75 Å². The van der Waals surface area contributed by atoms with E-state index in [1.807, 2.05) is 0 Å². The molecule has 2 aromatic carbocycles. The lowest BCUT2D eigenvalue weighted by atomic mass is 10.1. The summed E-state index contributed by atoms with van der Waals surface area (Å²) in [7, 11) is -1.88. The third-order valence-corrected chi connectivity index (χ3v) is 5.00. The summed E-state index contributed by atoms with van der Waals surface area (Å²) in [6, 6.07) is 11.8. The number of rotatable bonds is 10. The van der Waals surface area contributed by atoms with Crippen molar-refractivity contribution < 1.29 is 32.3 Å². The molecule has 0 radical (unpaired) electrons. The van der Waals surface area contributed by atoms with E-state index in [0.717, 1.165) is 11.8 Å². The highest BCUT2D eigenvalue weighted by atomic mass is 32.2. The van der Waals surface area contributed by atoms with Gasteiger partial charge in [0, 0.05) is 17.3 Å². The first-order chi connectivity index (χ1) is 15.5. The first-order valence-corrected chi connectivity index (χ1v) is 11.8. The fourth-order valence-corrected chi connectivity index (χ4v) is 3.25. The van der Waals surface area contributed by atoms with Gasteiger partial charge < -0.3 is 14.8 Å². The zero-order chi connectivity index (χ0) is 24.6. The smallest absolute Gasteiger partial charge is 0.329 e. The summed E-state index contributed by atoms with van der Waals surface area (Å²) in [6.45, 7) is 2.87. The number of carbonyl (C=O) groups is 3. The summed E-state index contributed by atoms with van der Waals surface area (Å²) in [6.07, 6.45) is 2.79. The summed E-state index contributed by atoms with van der Waals surface area (Å²) in [5.41, 5.74) is 1.32. The number of ketones is 1. The molecule has 2 aromatic rings. The molecule has 0 saturated heterocycles. The van der Waals surface area contributed by atoms with Gasteiger partial charge in [0.25, 0.3) is 0 Å². The highest BCUT2D eigenvalue weighted by Crippen LogP contribution is 2.14. The van der Waals surface area contributed by atoms with Crippen molar-refractivity contribution in [2.24, 2.45) is 0 Å². The number of Topliss-reactive ketones (excluding diaryl/α,β-unsaturated/α-hetero) is 1. The second kappa shape index (κ2) is 11.3. The topological polar surface area (TPSA) is 128 Å². The Kier molecular flexibility index (Phi) is 8.75. The van der Waals surface area contributed by atoms with Gasteiger partial charge in [-0.05, 0) is 61.9 Å². The molecule has 10 heteroatoms. The molecule has 2 N–H and O–H groups in total. The predicted molar refractivity (Wildman–Crippen MR) is 124 cm³/mol. The lowest BCUT2D eigenvalue weighted by Crippen LogP contribution is -2.41. The highest BCUT2D eigenvalue weighted by Gasteiger charge is 2.23. The van der Waals surface area contributed by atoms with Crippen LogP contribution in [0.25, 0.3) is 6.08 Å². The van der Waals surface area contributed by atoms with Gasteiger partial charge in [-0.15, -0.1) is 0 Å². The Balaban J connectivity index is 1.88. The Labute approximate surface area is 192 Å². The number of ether oxygens (including phenoxy) is 2. The summed E-state index contributed by atoms with van der Waals surface area (Å²) in [4.78, 5) is 36.9. The maximum Gasteiger partial charge on any atom is 0.329 e. The third-order valence-electron chi connectivity index (χ3n) is 4.39.